The van der Waals surface area contributed by atoms with Gasteiger partial charge in [0.1, 0.15) is 30.3 Å². The minimum absolute atomic E-state index is 0.0569. The summed E-state index contributed by atoms with van der Waals surface area (Å²) in [4.78, 5) is 24.9. The maximum Gasteiger partial charge on any atom is 0.421 e. The molecule has 4 N–H and O–H groups in total. The second-order valence-corrected chi connectivity index (χ2v) is 12.5. The number of amides is 1. The zero-order valence-electron chi connectivity index (χ0n) is 27.2. The van der Waals surface area contributed by atoms with Crippen LogP contribution in [0, 0.1) is 0 Å². The molecule has 0 fully saturated rings. The highest BCUT2D eigenvalue weighted by Gasteiger charge is 2.36. The van der Waals surface area contributed by atoms with Gasteiger partial charge in [-0.1, -0.05) is 6.07 Å². The van der Waals surface area contributed by atoms with Crippen LogP contribution in [0.1, 0.15) is 35.5 Å². The van der Waals surface area contributed by atoms with E-state index in [1.807, 2.05) is 0 Å². The average Bonchev–Trinajstić information content (AvgIpc) is 3.52. The molecule has 0 bridgehead atoms. The number of halogens is 5. The number of carbonyl (C=O) groups excluding carboxylic acids is 1. The van der Waals surface area contributed by atoms with Crippen LogP contribution in [-0.4, -0.2) is 75.6 Å². The Bertz CT molecular complexity index is 1850. The number of aliphatic hydroxyl groups excluding tert-OH is 1. The fraction of sp³-hybridized carbons (Fsp3) is 0.367. The Morgan fingerprint density at radius 1 is 1.00 bits per heavy atom. The SMILES string of the molecule is CCOP(=O)(Cc1ccc(Nc2ncc(C(F)(F)F)c(Nc3ccc(-c4cnn(CC(F)(F)CO)c4)nc3C(=O)NC)n2)c(OC)c1)OCC. The van der Waals surface area contributed by atoms with Gasteiger partial charge in [-0.15, -0.1) is 0 Å². The second kappa shape index (κ2) is 15.9. The first-order valence-electron chi connectivity index (χ1n) is 14.9. The predicted molar refractivity (Wildman–Crippen MR) is 172 cm³/mol. The average molecular weight is 729 g/mol. The van der Waals surface area contributed by atoms with Crippen LogP contribution in [0.5, 0.6) is 5.75 Å². The van der Waals surface area contributed by atoms with Crippen LogP contribution >= 0.6 is 7.60 Å². The first-order valence-corrected chi connectivity index (χ1v) is 16.6. The smallest absolute Gasteiger partial charge is 0.421 e. The van der Waals surface area contributed by atoms with E-state index in [0.717, 1.165) is 4.68 Å². The van der Waals surface area contributed by atoms with Gasteiger partial charge in [-0.05, 0) is 43.7 Å². The number of alkyl halides is 5. The van der Waals surface area contributed by atoms with E-state index in [4.69, 9.17) is 18.9 Å². The second-order valence-electron chi connectivity index (χ2n) is 10.5. The maximum absolute atomic E-state index is 14.1. The molecule has 4 aromatic rings. The number of hydrogen-bond donors (Lipinski definition) is 4. The van der Waals surface area contributed by atoms with Gasteiger partial charge in [0, 0.05) is 25.0 Å². The molecule has 0 radical (unpaired) electrons. The van der Waals surface area contributed by atoms with Crippen molar-refractivity contribution in [1.29, 1.82) is 0 Å². The van der Waals surface area contributed by atoms with Gasteiger partial charge in [0.25, 0.3) is 11.8 Å². The summed E-state index contributed by atoms with van der Waals surface area (Å²) < 4.78 is 99.6. The van der Waals surface area contributed by atoms with Gasteiger partial charge in [0.05, 0.1) is 49.8 Å². The highest BCUT2D eigenvalue weighted by molar-refractivity contribution is 7.53. The number of rotatable bonds is 16. The zero-order chi connectivity index (χ0) is 36.7. The Morgan fingerprint density at radius 3 is 2.32 bits per heavy atom. The van der Waals surface area contributed by atoms with E-state index >= 15 is 0 Å². The molecule has 1 amide bonds. The third kappa shape index (κ3) is 9.50. The third-order valence-electron chi connectivity index (χ3n) is 6.78. The molecule has 0 aliphatic rings. The van der Waals surface area contributed by atoms with Crippen molar-refractivity contribution < 1.29 is 50.2 Å². The summed E-state index contributed by atoms with van der Waals surface area (Å²) in [7, 11) is -0.797. The first kappa shape index (κ1) is 38.1. The minimum atomic E-state index is -4.92. The monoisotopic (exact) mass is 728 g/mol. The number of anilines is 4. The quantitative estimate of drug-likeness (QED) is 0.0784. The Kier molecular flexibility index (Phi) is 12.1. The van der Waals surface area contributed by atoms with Gasteiger partial charge >= 0.3 is 13.8 Å². The number of carbonyl (C=O) groups is 1. The lowest BCUT2D eigenvalue weighted by Gasteiger charge is -2.19. The van der Waals surface area contributed by atoms with Crippen molar-refractivity contribution in [3.8, 4) is 17.0 Å². The number of aliphatic hydroxyl groups is 1. The van der Waals surface area contributed by atoms with Crippen LogP contribution in [-0.2, 0) is 32.5 Å². The van der Waals surface area contributed by atoms with Crippen molar-refractivity contribution in [2.75, 3.05) is 44.6 Å². The van der Waals surface area contributed by atoms with Gasteiger partial charge in [0.2, 0.25) is 5.95 Å². The molecule has 1 aromatic carbocycles. The van der Waals surface area contributed by atoms with Gasteiger partial charge in [-0.3, -0.25) is 14.0 Å². The van der Waals surface area contributed by atoms with Gasteiger partial charge < -0.3 is 34.8 Å². The fourth-order valence-electron chi connectivity index (χ4n) is 4.56. The van der Waals surface area contributed by atoms with Crippen molar-refractivity contribution in [3.63, 3.8) is 0 Å². The Morgan fingerprint density at radius 2 is 1.70 bits per heavy atom. The van der Waals surface area contributed by atoms with Crippen molar-refractivity contribution in [3.05, 3.63) is 65.7 Å². The highest BCUT2D eigenvalue weighted by atomic mass is 31.2. The maximum atomic E-state index is 14.1. The van der Waals surface area contributed by atoms with Crippen molar-refractivity contribution in [2.45, 2.75) is 38.7 Å². The van der Waals surface area contributed by atoms with E-state index in [2.05, 4.69) is 36.0 Å². The van der Waals surface area contributed by atoms with Crippen LogP contribution in [0.2, 0.25) is 0 Å². The molecule has 0 spiro atoms. The molecule has 0 aliphatic heterocycles. The highest BCUT2D eigenvalue weighted by Crippen LogP contribution is 2.51. The zero-order valence-corrected chi connectivity index (χ0v) is 28.1. The van der Waals surface area contributed by atoms with Crippen molar-refractivity contribution in [2.24, 2.45) is 0 Å². The molecule has 0 atom stereocenters. The Labute approximate surface area is 282 Å². The van der Waals surface area contributed by atoms with E-state index in [0.29, 0.717) is 11.8 Å². The van der Waals surface area contributed by atoms with Crippen molar-refractivity contribution >= 4 is 36.6 Å². The molecular formula is C30H34F5N8O6P. The molecule has 50 heavy (non-hydrogen) atoms. The molecular weight excluding hydrogens is 694 g/mol. The van der Waals surface area contributed by atoms with E-state index in [9.17, 15) is 31.3 Å². The lowest BCUT2D eigenvalue weighted by atomic mass is 10.1. The molecule has 20 heteroatoms. The number of ether oxygens (including phenoxy) is 1. The van der Waals surface area contributed by atoms with Gasteiger partial charge in [-0.25, -0.2) is 18.7 Å². The Balaban J connectivity index is 1.67. The topological polar surface area (TPSA) is 175 Å². The molecule has 0 unspecified atom stereocenters. The van der Waals surface area contributed by atoms with Crippen LogP contribution in [0.3, 0.4) is 0 Å². The Hall–Kier alpha value is -4.71. The summed E-state index contributed by atoms with van der Waals surface area (Å²) in [5.41, 5.74) is -0.640. The number of benzene rings is 1. The number of methoxy groups -OCH3 is 1. The fourth-order valence-corrected chi connectivity index (χ4v) is 6.25. The van der Waals surface area contributed by atoms with Crippen LogP contribution < -0.4 is 20.7 Å². The number of pyridine rings is 1. The summed E-state index contributed by atoms with van der Waals surface area (Å²) in [5, 5.41) is 20.4. The molecule has 0 saturated heterocycles. The summed E-state index contributed by atoms with van der Waals surface area (Å²) in [6.07, 6.45) is -2.00. The van der Waals surface area contributed by atoms with E-state index in [-0.39, 0.29) is 59.4 Å². The molecule has 270 valence electrons. The van der Waals surface area contributed by atoms with E-state index in [1.165, 1.54) is 44.8 Å². The lowest BCUT2D eigenvalue weighted by Crippen LogP contribution is -2.28. The molecule has 3 aromatic heterocycles. The van der Waals surface area contributed by atoms with E-state index in [1.54, 1.807) is 26.0 Å². The van der Waals surface area contributed by atoms with Gasteiger partial charge in [0.15, 0.2) is 5.69 Å². The lowest BCUT2D eigenvalue weighted by molar-refractivity contribution is -0.137. The predicted octanol–water partition coefficient (Wildman–Crippen LogP) is 6.00. The van der Waals surface area contributed by atoms with Gasteiger partial charge in [-0.2, -0.15) is 23.3 Å². The van der Waals surface area contributed by atoms with Crippen molar-refractivity contribution in [1.82, 2.24) is 30.0 Å². The largest absolute Gasteiger partial charge is 0.495 e. The summed E-state index contributed by atoms with van der Waals surface area (Å²) in [5.74, 6) is -4.99. The number of aromatic nitrogens is 5. The first-order chi connectivity index (χ1) is 23.6. The summed E-state index contributed by atoms with van der Waals surface area (Å²) in [6, 6.07) is 7.30. The van der Waals surface area contributed by atoms with Crippen LogP contribution in [0.25, 0.3) is 11.3 Å². The standard InChI is InChI=1S/C30H34F5N8O6P/c1-5-48-50(46,49-6-2)15-18-7-8-22(24(11-18)47-4)41-28-37-13-20(30(33,34)35)26(42-28)40-23-10-9-21(39-25(23)27(45)36-3)19-12-38-43(14-19)16-29(31,32)17-44/h7-14,44H,5-6,15-17H2,1-4H3,(H,36,45)(H2,37,40,41,42). The summed E-state index contributed by atoms with van der Waals surface area (Å²) in [6.45, 7) is 1.39. The summed E-state index contributed by atoms with van der Waals surface area (Å²) >= 11 is 0. The molecule has 0 saturated carbocycles. The number of hydrogen-bond acceptors (Lipinski definition) is 12. The third-order valence-corrected chi connectivity index (χ3v) is 8.83. The number of nitrogens with one attached hydrogen (secondary N) is 3. The molecule has 14 nitrogen and oxygen atoms in total. The molecule has 0 aliphatic carbocycles. The van der Waals surface area contributed by atoms with Crippen LogP contribution in [0.4, 0.5) is 45.1 Å². The normalized spacial score (nSPS) is 12.1. The van der Waals surface area contributed by atoms with Crippen LogP contribution in [0.15, 0.2) is 48.9 Å². The van der Waals surface area contributed by atoms with E-state index < -0.39 is 50.1 Å². The minimum Gasteiger partial charge on any atom is -0.495 e. The molecule has 4 rings (SSSR count). The number of nitrogens with zero attached hydrogens (tertiary/aromatic N) is 5. The molecule has 3 heterocycles.